The minimum absolute atomic E-state index is 0.540. The molecule has 0 aromatic heterocycles. The Hall–Kier alpha value is -0.660. The van der Waals surface area contributed by atoms with Crippen LogP contribution in [0.1, 0.15) is 13.8 Å². The standard InChI is InChI=1S/C6H10N2/c1-5-3-7-6(2)8-4-5/h3,5H,4H2,1-2H3/t5-/m1/s1. The van der Waals surface area contributed by atoms with Crippen molar-refractivity contribution in [2.24, 2.45) is 15.9 Å². The van der Waals surface area contributed by atoms with Gasteiger partial charge >= 0.3 is 0 Å². The summed E-state index contributed by atoms with van der Waals surface area (Å²) in [6.45, 7) is 4.94. The molecule has 0 aromatic carbocycles. The van der Waals surface area contributed by atoms with Crippen LogP contribution in [0.15, 0.2) is 9.98 Å². The molecule has 0 aliphatic carbocycles. The average molecular weight is 110 g/mol. The van der Waals surface area contributed by atoms with Crippen molar-refractivity contribution in [1.82, 2.24) is 0 Å². The molecule has 1 aliphatic rings. The largest absolute Gasteiger partial charge is 0.270 e. The van der Waals surface area contributed by atoms with E-state index in [1.54, 1.807) is 0 Å². The molecule has 0 aromatic rings. The Morgan fingerprint density at radius 3 is 2.88 bits per heavy atom. The van der Waals surface area contributed by atoms with E-state index in [1.165, 1.54) is 0 Å². The van der Waals surface area contributed by atoms with Gasteiger partial charge in [-0.3, -0.25) is 4.99 Å². The third kappa shape index (κ3) is 1.15. The number of aliphatic imine (C=N–C) groups is 2. The highest BCUT2D eigenvalue weighted by atomic mass is 14.9. The molecule has 44 valence electrons. The van der Waals surface area contributed by atoms with E-state index in [0.29, 0.717) is 5.92 Å². The van der Waals surface area contributed by atoms with Gasteiger partial charge in [0.15, 0.2) is 0 Å². The number of nitrogens with zero attached hydrogens (tertiary/aromatic N) is 2. The lowest BCUT2D eigenvalue weighted by molar-refractivity contribution is 0.787. The van der Waals surface area contributed by atoms with Crippen molar-refractivity contribution >= 4 is 12.1 Å². The molecule has 0 saturated carbocycles. The Labute approximate surface area is 49.3 Å². The summed E-state index contributed by atoms with van der Waals surface area (Å²) < 4.78 is 0. The lowest BCUT2D eigenvalue weighted by atomic mass is 10.2. The lowest BCUT2D eigenvalue weighted by Crippen LogP contribution is -2.08. The highest BCUT2D eigenvalue weighted by molar-refractivity contribution is 5.89. The molecular weight excluding hydrogens is 100 g/mol. The van der Waals surface area contributed by atoms with Gasteiger partial charge in [0.25, 0.3) is 0 Å². The van der Waals surface area contributed by atoms with Crippen LogP contribution in [0, 0.1) is 5.92 Å². The summed E-state index contributed by atoms with van der Waals surface area (Å²) in [7, 11) is 0. The van der Waals surface area contributed by atoms with Crippen LogP contribution in [0.25, 0.3) is 0 Å². The Bertz CT molecular complexity index is 135. The smallest absolute Gasteiger partial charge is 0.119 e. The topological polar surface area (TPSA) is 24.7 Å². The van der Waals surface area contributed by atoms with Crippen molar-refractivity contribution in [2.45, 2.75) is 13.8 Å². The van der Waals surface area contributed by atoms with Crippen LogP contribution in [0.4, 0.5) is 0 Å². The fourth-order valence-electron chi connectivity index (χ4n) is 0.599. The predicted octanol–water partition coefficient (Wildman–Crippen LogP) is 1.13. The zero-order chi connectivity index (χ0) is 5.98. The molecule has 1 rings (SSSR count). The molecule has 0 spiro atoms. The van der Waals surface area contributed by atoms with Gasteiger partial charge < -0.3 is 0 Å². The Morgan fingerprint density at radius 2 is 2.50 bits per heavy atom. The lowest BCUT2D eigenvalue weighted by Gasteiger charge is -2.05. The van der Waals surface area contributed by atoms with Gasteiger partial charge in [-0.25, -0.2) is 4.99 Å². The highest BCUT2D eigenvalue weighted by Gasteiger charge is 2.00. The molecule has 0 N–H and O–H groups in total. The van der Waals surface area contributed by atoms with Crippen molar-refractivity contribution in [3.05, 3.63) is 0 Å². The summed E-state index contributed by atoms with van der Waals surface area (Å²) >= 11 is 0. The van der Waals surface area contributed by atoms with Crippen molar-refractivity contribution < 1.29 is 0 Å². The molecule has 1 atom stereocenters. The molecule has 1 heterocycles. The summed E-state index contributed by atoms with van der Waals surface area (Å²) in [5, 5.41) is 0. The van der Waals surface area contributed by atoms with Crippen LogP contribution in [-0.2, 0) is 0 Å². The van der Waals surface area contributed by atoms with Crippen molar-refractivity contribution in [2.75, 3.05) is 6.54 Å². The summed E-state index contributed by atoms with van der Waals surface area (Å²) in [6, 6.07) is 0. The average Bonchev–Trinajstić information content (AvgIpc) is 1.77. The predicted molar refractivity (Wildman–Crippen MR) is 35.6 cm³/mol. The quantitative estimate of drug-likeness (QED) is 0.446. The summed E-state index contributed by atoms with van der Waals surface area (Å²) in [6.07, 6.45) is 1.95. The Kier molecular flexibility index (Phi) is 1.42. The van der Waals surface area contributed by atoms with Crippen LogP contribution < -0.4 is 0 Å². The molecule has 2 nitrogen and oxygen atoms in total. The van der Waals surface area contributed by atoms with Crippen LogP contribution in [-0.4, -0.2) is 18.6 Å². The third-order valence-electron chi connectivity index (χ3n) is 1.12. The first kappa shape index (κ1) is 5.48. The van der Waals surface area contributed by atoms with Gasteiger partial charge in [0.05, 0.1) is 0 Å². The van der Waals surface area contributed by atoms with E-state index in [4.69, 9.17) is 0 Å². The Balaban J connectivity index is 2.58. The fraction of sp³-hybridized carbons (Fsp3) is 0.667. The first-order valence-corrected chi connectivity index (χ1v) is 2.84. The summed E-state index contributed by atoms with van der Waals surface area (Å²) in [4.78, 5) is 8.17. The molecule has 2 heteroatoms. The third-order valence-corrected chi connectivity index (χ3v) is 1.12. The van der Waals surface area contributed by atoms with Gasteiger partial charge in [0.2, 0.25) is 0 Å². The molecule has 0 radical (unpaired) electrons. The minimum Gasteiger partial charge on any atom is -0.270 e. The highest BCUT2D eigenvalue weighted by Crippen LogP contribution is 1.97. The molecule has 0 saturated heterocycles. The van der Waals surface area contributed by atoms with Crippen LogP contribution in [0.2, 0.25) is 0 Å². The fourth-order valence-corrected chi connectivity index (χ4v) is 0.599. The monoisotopic (exact) mass is 110 g/mol. The van der Waals surface area contributed by atoms with Gasteiger partial charge in [0, 0.05) is 18.7 Å². The molecule has 1 aliphatic heterocycles. The first-order chi connectivity index (χ1) is 3.79. The van der Waals surface area contributed by atoms with E-state index >= 15 is 0 Å². The van der Waals surface area contributed by atoms with Crippen LogP contribution in [0.5, 0.6) is 0 Å². The second-order valence-corrected chi connectivity index (χ2v) is 2.14. The van der Waals surface area contributed by atoms with Gasteiger partial charge in [-0.1, -0.05) is 6.92 Å². The number of hydrogen-bond donors (Lipinski definition) is 0. The second-order valence-electron chi connectivity index (χ2n) is 2.14. The van der Waals surface area contributed by atoms with Crippen LogP contribution >= 0.6 is 0 Å². The molecule has 0 bridgehead atoms. The van der Waals surface area contributed by atoms with Crippen molar-refractivity contribution in [3.63, 3.8) is 0 Å². The summed E-state index contributed by atoms with van der Waals surface area (Å²) in [5.41, 5.74) is 0. The maximum Gasteiger partial charge on any atom is 0.119 e. The zero-order valence-corrected chi connectivity index (χ0v) is 5.26. The maximum atomic E-state index is 4.13. The molecule has 0 fully saturated rings. The van der Waals surface area contributed by atoms with Gasteiger partial charge in [-0.05, 0) is 6.92 Å². The van der Waals surface area contributed by atoms with E-state index in [2.05, 4.69) is 16.9 Å². The van der Waals surface area contributed by atoms with Gasteiger partial charge in [-0.15, -0.1) is 0 Å². The maximum absolute atomic E-state index is 4.13. The minimum atomic E-state index is 0.540. The SMILES string of the molecule is CC1=NC[C@H](C)C=N1. The van der Waals surface area contributed by atoms with Crippen molar-refractivity contribution in [1.29, 1.82) is 0 Å². The molecule has 0 amide bonds. The van der Waals surface area contributed by atoms with E-state index in [0.717, 1.165) is 12.4 Å². The normalized spacial score (nSPS) is 27.8. The number of hydrogen-bond acceptors (Lipinski definition) is 2. The van der Waals surface area contributed by atoms with E-state index in [1.807, 2.05) is 13.1 Å². The van der Waals surface area contributed by atoms with E-state index in [-0.39, 0.29) is 0 Å². The first-order valence-electron chi connectivity index (χ1n) is 2.84. The summed E-state index contributed by atoms with van der Waals surface area (Å²) in [5.74, 6) is 1.45. The van der Waals surface area contributed by atoms with Crippen molar-refractivity contribution in [3.8, 4) is 0 Å². The van der Waals surface area contributed by atoms with E-state index < -0.39 is 0 Å². The molecule has 8 heavy (non-hydrogen) atoms. The molecular formula is C6H10N2. The zero-order valence-electron chi connectivity index (χ0n) is 5.26. The Morgan fingerprint density at radius 1 is 1.75 bits per heavy atom. The van der Waals surface area contributed by atoms with Gasteiger partial charge in [0.1, 0.15) is 5.84 Å². The number of rotatable bonds is 0. The number of amidine groups is 1. The molecule has 0 unspecified atom stereocenters. The van der Waals surface area contributed by atoms with E-state index in [9.17, 15) is 0 Å². The van der Waals surface area contributed by atoms with Gasteiger partial charge in [-0.2, -0.15) is 0 Å². The van der Waals surface area contributed by atoms with Crippen LogP contribution in [0.3, 0.4) is 0 Å². The second kappa shape index (κ2) is 2.07.